The molecule has 1 aromatic carbocycles. The number of hydrogen-bond acceptors (Lipinski definition) is 1. The molecule has 1 nitrogen and oxygen atoms in total. The van der Waals surface area contributed by atoms with Crippen LogP contribution in [0.25, 0.3) is 0 Å². The maximum atomic E-state index is 5.67. The van der Waals surface area contributed by atoms with Gasteiger partial charge < -0.3 is 5.32 Å². The first-order valence-electron chi connectivity index (χ1n) is 5.41. The van der Waals surface area contributed by atoms with Crippen LogP contribution in [0.1, 0.15) is 18.9 Å². The second-order valence-corrected chi connectivity index (χ2v) is 4.40. The Labute approximate surface area is 107 Å². The molecule has 0 atom stereocenters. The van der Waals surface area contributed by atoms with E-state index in [4.69, 9.17) is 23.2 Å². The van der Waals surface area contributed by atoms with Crippen LogP contribution in [-0.4, -0.2) is 12.4 Å². The molecule has 0 aliphatic carbocycles. The molecule has 3 heteroatoms. The second kappa shape index (κ2) is 7.59. The predicted molar refractivity (Wildman–Crippen MR) is 73.6 cm³/mol. The molecular formula is C13H17Cl2N. The average molecular weight is 258 g/mol. The number of anilines is 1. The molecule has 0 aliphatic rings. The molecule has 0 heterocycles. The standard InChI is InChI=1S/C13H17Cl2N/c1-11(9-15)10-16-13-6-2-4-12(8-13)5-3-7-14/h2,4,6,8-9,16H,3,5,7,10H2,1H3/b11-9-. The van der Waals surface area contributed by atoms with Gasteiger partial charge in [0, 0.05) is 23.6 Å². The van der Waals surface area contributed by atoms with E-state index in [0.29, 0.717) is 5.88 Å². The summed E-state index contributed by atoms with van der Waals surface area (Å²) in [5.74, 6) is 0.714. The lowest BCUT2D eigenvalue weighted by Crippen LogP contribution is -2.02. The Morgan fingerprint density at radius 2 is 2.25 bits per heavy atom. The molecule has 88 valence electrons. The molecular weight excluding hydrogens is 241 g/mol. The molecule has 0 bridgehead atoms. The zero-order valence-electron chi connectivity index (χ0n) is 9.47. The van der Waals surface area contributed by atoms with Crippen LogP contribution in [0.15, 0.2) is 35.4 Å². The van der Waals surface area contributed by atoms with Gasteiger partial charge in [0.25, 0.3) is 0 Å². The Morgan fingerprint density at radius 1 is 1.44 bits per heavy atom. The first-order valence-corrected chi connectivity index (χ1v) is 6.38. The number of alkyl halides is 1. The van der Waals surface area contributed by atoms with Gasteiger partial charge in [-0.1, -0.05) is 23.7 Å². The van der Waals surface area contributed by atoms with Crippen molar-refractivity contribution in [2.24, 2.45) is 0 Å². The largest absolute Gasteiger partial charge is 0.381 e. The van der Waals surface area contributed by atoms with Crippen LogP contribution in [0.5, 0.6) is 0 Å². The third kappa shape index (κ3) is 4.91. The topological polar surface area (TPSA) is 12.0 Å². The number of aryl methyl sites for hydroxylation is 1. The maximum absolute atomic E-state index is 5.67. The number of halogens is 2. The van der Waals surface area contributed by atoms with Crippen molar-refractivity contribution in [3.63, 3.8) is 0 Å². The van der Waals surface area contributed by atoms with E-state index in [2.05, 4.69) is 29.6 Å². The average Bonchev–Trinajstić information content (AvgIpc) is 2.34. The molecule has 1 aromatic rings. The van der Waals surface area contributed by atoms with Crippen LogP contribution in [0, 0.1) is 0 Å². The monoisotopic (exact) mass is 257 g/mol. The second-order valence-electron chi connectivity index (χ2n) is 3.80. The highest BCUT2D eigenvalue weighted by molar-refractivity contribution is 6.25. The molecule has 0 saturated carbocycles. The van der Waals surface area contributed by atoms with Crippen LogP contribution < -0.4 is 5.32 Å². The maximum Gasteiger partial charge on any atom is 0.0369 e. The van der Waals surface area contributed by atoms with Gasteiger partial charge in [0.15, 0.2) is 0 Å². The fourth-order valence-electron chi connectivity index (χ4n) is 1.39. The highest BCUT2D eigenvalue weighted by atomic mass is 35.5. The Hall–Kier alpha value is -0.660. The van der Waals surface area contributed by atoms with E-state index < -0.39 is 0 Å². The van der Waals surface area contributed by atoms with Crippen LogP contribution in [0.4, 0.5) is 5.69 Å². The van der Waals surface area contributed by atoms with Crippen molar-refractivity contribution in [3.8, 4) is 0 Å². The summed E-state index contributed by atoms with van der Waals surface area (Å²) >= 11 is 11.3. The summed E-state index contributed by atoms with van der Waals surface area (Å²) in [6.07, 6.45) is 2.05. The smallest absolute Gasteiger partial charge is 0.0369 e. The Kier molecular flexibility index (Phi) is 6.36. The Morgan fingerprint density at radius 3 is 2.94 bits per heavy atom. The number of rotatable bonds is 6. The predicted octanol–water partition coefficient (Wildman–Crippen LogP) is 4.41. The quantitative estimate of drug-likeness (QED) is 0.745. The molecule has 0 unspecified atom stereocenters. The molecule has 0 fully saturated rings. The minimum atomic E-state index is 0.714. The molecule has 0 aromatic heterocycles. The van der Waals surface area contributed by atoms with Gasteiger partial charge >= 0.3 is 0 Å². The van der Waals surface area contributed by atoms with Crippen molar-refractivity contribution in [2.45, 2.75) is 19.8 Å². The van der Waals surface area contributed by atoms with Crippen molar-refractivity contribution in [2.75, 3.05) is 17.7 Å². The van der Waals surface area contributed by atoms with Crippen molar-refractivity contribution in [1.29, 1.82) is 0 Å². The Balaban J connectivity index is 2.53. The van der Waals surface area contributed by atoms with Gasteiger partial charge in [-0.2, -0.15) is 0 Å². The van der Waals surface area contributed by atoms with Crippen LogP contribution in [0.2, 0.25) is 0 Å². The summed E-state index contributed by atoms with van der Waals surface area (Å²) < 4.78 is 0. The molecule has 0 aliphatic heterocycles. The SMILES string of the molecule is C/C(=C/Cl)CNc1cccc(CCCCl)c1. The van der Waals surface area contributed by atoms with E-state index in [1.54, 1.807) is 5.54 Å². The van der Waals surface area contributed by atoms with E-state index in [1.165, 1.54) is 5.56 Å². The molecule has 0 saturated heterocycles. The normalized spacial score (nSPS) is 11.6. The van der Waals surface area contributed by atoms with Crippen LogP contribution >= 0.6 is 23.2 Å². The van der Waals surface area contributed by atoms with E-state index in [1.807, 2.05) is 6.92 Å². The first-order chi connectivity index (χ1) is 7.76. The summed E-state index contributed by atoms with van der Waals surface area (Å²) in [5, 5.41) is 3.33. The van der Waals surface area contributed by atoms with E-state index in [0.717, 1.165) is 30.6 Å². The van der Waals surface area contributed by atoms with Crippen molar-refractivity contribution in [1.82, 2.24) is 0 Å². The van der Waals surface area contributed by atoms with Gasteiger partial charge in [0.2, 0.25) is 0 Å². The van der Waals surface area contributed by atoms with Crippen LogP contribution in [0.3, 0.4) is 0 Å². The van der Waals surface area contributed by atoms with Gasteiger partial charge in [0.05, 0.1) is 0 Å². The van der Waals surface area contributed by atoms with Gasteiger partial charge in [-0.05, 0) is 43.0 Å². The van der Waals surface area contributed by atoms with Crippen LogP contribution in [-0.2, 0) is 6.42 Å². The lowest BCUT2D eigenvalue weighted by molar-refractivity contribution is 0.929. The molecule has 1 N–H and O–H groups in total. The number of nitrogens with one attached hydrogen (secondary N) is 1. The lowest BCUT2D eigenvalue weighted by Gasteiger charge is -2.08. The van der Waals surface area contributed by atoms with E-state index >= 15 is 0 Å². The van der Waals surface area contributed by atoms with Crippen molar-refractivity contribution >= 4 is 28.9 Å². The highest BCUT2D eigenvalue weighted by Gasteiger charge is 1.96. The van der Waals surface area contributed by atoms with Crippen molar-refractivity contribution < 1.29 is 0 Å². The van der Waals surface area contributed by atoms with Crippen molar-refractivity contribution in [3.05, 3.63) is 40.9 Å². The minimum Gasteiger partial charge on any atom is -0.381 e. The highest BCUT2D eigenvalue weighted by Crippen LogP contribution is 2.13. The fourth-order valence-corrected chi connectivity index (χ4v) is 1.60. The summed E-state index contributed by atoms with van der Waals surface area (Å²) in [4.78, 5) is 0. The van der Waals surface area contributed by atoms with Gasteiger partial charge in [-0.25, -0.2) is 0 Å². The van der Waals surface area contributed by atoms with E-state index in [-0.39, 0.29) is 0 Å². The summed E-state index contributed by atoms with van der Waals surface area (Å²) in [6.45, 7) is 2.78. The van der Waals surface area contributed by atoms with E-state index in [9.17, 15) is 0 Å². The number of benzene rings is 1. The zero-order chi connectivity index (χ0) is 11.8. The fraction of sp³-hybridized carbons (Fsp3) is 0.385. The zero-order valence-corrected chi connectivity index (χ0v) is 11.0. The third-order valence-electron chi connectivity index (χ3n) is 2.28. The summed E-state index contributed by atoms with van der Waals surface area (Å²) in [7, 11) is 0. The molecule has 0 spiro atoms. The lowest BCUT2D eigenvalue weighted by atomic mass is 10.1. The number of hydrogen-bond donors (Lipinski definition) is 1. The van der Waals surface area contributed by atoms with Gasteiger partial charge in [-0.15, -0.1) is 11.6 Å². The summed E-state index contributed by atoms with van der Waals surface area (Å²) in [6, 6.07) is 8.41. The summed E-state index contributed by atoms with van der Waals surface area (Å²) in [5.41, 5.74) is 5.17. The van der Waals surface area contributed by atoms with Gasteiger partial charge in [-0.3, -0.25) is 0 Å². The first kappa shape index (κ1) is 13.4. The van der Waals surface area contributed by atoms with Gasteiger partial charge in [0.1, 0.15) is 0 Å². The molecule has 16 heavy (non-hydrogen) atoms. The molecule has 0 amide bonds. The third-order valence-corrected chi connectivity index (χ3v) is 2.92. The molecule has 0 radical (unpaired) electrons. The minimum absolute atomic E-state index is 0.714. The Bertz CT molecular complexity index is 348. The molecule has 1 rings (SSSR count).